The van der Waals surface area contributed by atoms with Crippen LogP contribution in [0.25, 0.3) is 0 Å². The number of carbonyl (C=O) groups excluding carboxylic acids is 1. The summed E-state index contributed by atoms with van der Waals surface area (Å²) in [5.74, 6) is 0.694. The van der Waals surface area contributed by atoms with E-state index in [4.69, 9.17) is 9.84 Å². The second kappa shape index (κ2) is 8.93. The number of aryl methyl sites for hydroxylation is 1. The molecule has 5 heteroatoms. The summed E-state index contributed by atoms with van der Waals surface area (Å²) in [5, 5.41) is 14.4. The maximum atomic E-state index is 11.9. The quantitative estimate of drug-likeness (QED) is 0.729. The molecule has 0 bridgehead atoms. The molecule has 0 saturated carbocycles. The van der Waals surface area contributed by atoms with Crippen molar-refractivity contribution >= 4 is 11.7 Å². The summed E-state index contributed by atoms with van der Waals surface area (Å²) in [7, 11) is 0. The standard InChI is InChI=1S/C19H24N2O3/c1-14-6-3-4-7-16(14)13-24-18-9-5-8-17(12-18)21-19(23)20-15(2)10-11-22/h3-9,12,15,22H,10-11,13H2,1-2H3,(H2,20,21,23)/t15-/m1/s1. The number of hydrogen-bond donors (Lipinski definition) is 3. The third-order valence-electron chi connectivity index (χ3n) is 3.69. The Bertz CT molecular complexity index is 673. The van der Waals surface area contributed by atoms with E-state index in [1.54, 1.807) is 12.1 Å². The first kappa shape index (κ1) is 17.8. The molecule has 0 saturated heterocycles. The van der Waals surface area contributed by atoms with Crippen LogP contribution in [0, 0.1) is 6.92 Å². The van der Waals surface area contributed by atoms with Gasteiger partial charge in [0.25, 0.3) is 0 Å². The van der Waals surface area contributed by atoms with Crippen molar-refractivity contribution in [3.63, 3.8) is 0 Å². The lowest BCUT2D eigenvalue weighted by molar-refractivity contribution is 0.241. The predicted molar refractivity (Wildman–Crippen MR) is 95.3 cm³/mol. The van der Waals surface area contributed by atoms with Crippen molar-refractivity contribution in [1.29, 1.82) is 0 Å². The summed E-state index contributed by atoms with van der Waals surface area (Å²) < 4.78 is 5.81. The van der Waals surface area contributed by atoms with Gasteiger partial charge in [0, 0.05) is 24.4 Å². The van der Waals surface area contributed by atoms with Crippen molar-refractivity contribution in [3.8, 4) is 5.75 Å². The minimum absolute atomic E-state index is 0.0453. The number of hydrogen-bond acceptors (Lipinski definition) is 3. The van der Waals surface area contributed by atoms with Crippen molar-refractivity contribution in [2.45, 2.75) is 32.9 Å². The summed E-state index contributed by atoms with van der Waals surface area (Å²) in [6, 6.07) is 15.0. The van der Waals surface area contributed by atoms with Crippen molar-refractivity contribution < 1.29 is 14.6 Å². The van der Waals surface area contributed by atoms with E-state index in [0.29, 0.717) is 24.5 Å². The number of anilines is 1. The van der Waals surface area contributed by atoms with Gasteiger partial charge < -0.3 is 20.5 Å². The molecule has 0 spiro atoms. The summed E-state index contributed by atoms with van der Waals surface area (Å²) in [5.41, 5.74) is 2.97. The second-order valence-electron chi connectivity index (χ2n) is 5.75. The molecular formula is C19H24N2O3. The smallest absolute Gasteiger partial charge is 0.319 e. The van der Waals surface area contributed by atoms with E-state index in [9.17, 15) is 4.79 Å². The van der Waals surface area contributed by atoms with Crippen LogP contribution in [0.3, 0.4) is 0 Å². The van der Waals surface area contributed by atoms with Gasteiger partial charge in [-0.05, 0) is 43.5 Å². The second-order valence-corrected chi connectivity index (χ2v) is 5.75. The van der Waals surface area contributed by atoms with Crippen LogP contribution in [0.5, 0.6) is 5.75 Å². The van der Waals surface area contributed by atoms with Crippen molar-refractivity contribution in [2.24, 2.45) is 0 Å². The Morgan fingerprint density at radius 2 is 2.00 bits per heavy atom. The Kier molecular flexibility index (Phi) is 6.63. The first-order valence-corrected chi connectivity index (χ1v) is 8.04. The monoisotopic (exact) mass is 328 g/mol. The van der Waals surface area contributed by atoms with Gasteiger partial charge in [-0.2, -0.15) is 0 Å². The zero-order valence-electron chi connectivity index (χ0n) is 14.1. The van der Waals surface area contributed by atoms with Crippen LogP contribution in [-0.4, -0.2) is 23.8 Å². The van der Waals surface area contributed by atoms with Crippen LogP contribution in [0.4, 0.5) is 10.5 Å². The molecule has 0 aliphatic carbocycles. The van der Waals surface area contributed by atoms with Gasteiger partial charge in [-0.25, -0.2) is 4.79 Å². The Morgan fingerprint density at radius 3 is 2.75 bits per heavy atom. The number of aliphatic hydroxyl groups excluding tert-OH is 1. The number of rotatable bonds is 7. The highest BCUT2D eigenvalue weighted by atomic mass is 16.5. The number of urea groups is 1. The highest BCUT2D eigenvalue weighted by Crippen LogP contribution is 2.19. The number of nitrogens with one attached hydrogen (secondary N) is 2. The molecule has 0 radical (unpaired) electrons. The van der Waals surface area contributed by atoms with Gasteiger partial charge in [-0.1, -0.05) is 30.3 Å². The van der Waals surface area contributed by atoms with E-state index in [-0.39, 0.29) is 18.7 Å². The molecule has 2 aromatic rings. The van der Waals surface area contributed by atoms with Gasteiger partial charge in [0.05, 0.1) is 0 Å². The van der Waals surface area contributed by atoms with Crippen molar-refractivity contribution in [1.82, 2.24) is 5.32 Å². The fourth-order valence-corrected chi connectivity index (χ4v) is 2.25. The first-order valence-electron chi connectivity index (χ1n) is 8.04. The Morgan fingerprint density at radius 1 is 1.21 bits per heavy atom. The lowest BCUT2D eigenvalue weighted by atomic mass is 10.1. The lowest BCUT2D eigenvalue weighted by Gasteiger charge is -2.14. The van der Waals surface area contributed by atoms with Crippen LogP contribution in [0.15, 0.2) is 48.5 Å². The molecule has 2 aromatic carbocycles. The van der Waals surface area contributed by atoms with E-state index in [1.165, 1.54) is 5.56 Å². The summed E-state index contributed by atoms with van der Waals surface area (Å²) in [6.07, 6.45) is 0.521. The fraction of sp³-hybridized carbons (Fsp3) is 0.316. The van der Waals surface area contributed by atoms with E-state index < -0.39 is 0 Å². The number of amides is 2. The number of benzene rings is 2. The first-order chi connectivity index (χ1) is 11.6. The lowest BCUT2D eigenvalue weighted by Crippen LogP contribution is -2.36. The number of aliphatic hydroxyl groups is 1. The molecule has 1 atom stereocenters. The largest absolute Gasteiger partial charge is 0.489 e. The topological polar surface area (TPSA) is 70.6 Å². The van der Waals surface area contributed by atoms with Crippen LogP contribution in [0.1, 0.15) is 24.5 Å². The molecule has 0 aromatic heterocycles. The van der Waals surface area contributed by atoms with E-state index in [2.05, 4.69) is 23.6 Å². The maximum Gasteiger partial charge on any atom is 0.319 e. The molecule has 0 unspecified atom stereocenters. The Balaban J connectivity index is 1.91. The molecule has 2 amide bonds. The van der Waals surface area contributed by atoms with E-state index in [0.717, 1.165) is 5.56 Å². The Hall–Kier alpha value is -2.53. The molecule has 5 nitrogen and oxygen atoms in total. The number of ether oxygens (including phenoxy) is 1. The molecule has 0 fully saturated rings. The third-order valence-corrected chi connectivity index (χ3v) is 3.69. The Labute approximate surface area is 142 Å². The van der Waals surface area contributed by atoms with Crippen molar-refractivity contribution in [3.05, 3.63) is 59.7 Å². The molecule has 128 valence electrons. The molecule has 3 N–H and O–H groups in total. The summed E-state index contributed by atoms with van der Waals surface area (Å²) >= 11 is 0. The molecule has 2 rings (SSSR count). The summed E-state index contributed by atoms with van der Waals surface area (Å²) in [4.78, 5) is 11.9. The highest BCUT2D eigenvalue weighted by Gasteiger charge is 2.07. The van der Waals surface area contributed by atoms with Gasteiger partial charge in [-0.3, -0.25) is 0 Å². The van der Waals surface area contributed by atoms with Crippen LogP contribution in [-0.2, 0) is 6.61 Å². The average molecular weight is 328 g/mol. The van der Waals surface area contributed by atoms with Crippen LogP contribution in [0.2, 0.25) is 0 Å². The number of carbonyl (C=O) groups is 1. The van der Waals surface area contributed by atoms with E-state index in [1.807, 2.05) is 37.3 Å². The minimum Gasteiger partial charge on any atom is -0.489 e. The zero-order valence-corrected chi connectivity index (χ0v) is 14.1. The van der Waals surface area contributed by atoms with E-state index >= 15 is 0 Å². The molecular weight excluding hydrogens is 304 g/mol. The normalized spacial score (nSPS) is 11.6. The fourth-order valence-electron chi connectivity index (χ4n) is 2.25. The maximum absolute atomic E-state index is 11.9. The van der Waals surface area contributed by atoms with Crippen molar-refractivity contribution in [2.75, 3.05) is 11.9 Å². The van der Waals surface area contributed by atoms with Gasteiger partial charge in [0.15, 0.2) is 0 Å². The van der Waals surface area contributed by atoms with Gasteiger partial charge in [0.1, 0.15) is 12.4 Å². The van der Waals surface area contributed by atoms with Crippen LogP contribution >= 0.6 is 0 Å². The third kappa shape index (κ3) is 5.59. The van der Waals surface area contributed by atoms with Gasteiger partial charge >= 0.3 is 6.03 Å². The molecule has 0 aliphatic rings. The van der Waals surface area contributed by atoms with Gasteiger partial charge in [0.2, 0.25) is 0 Å². The highest BCUT2D eigenvalue weighted by molar-refractivity contribution is 5.89. The molecule has 0 aliphatic heterocycles. The predicted octanol–water partition coefficient (Wildman–Crippen LogP) is 3.47. The zero-order chi connectivity index (χ0) is 17.4. The minimum atomic E-state index is -0.299. The summed E-state index contributed by atoms with van der Waals surface area (Å²) in [6.45, 7) is 4.42. The van der Waals surface area contributed by atoms with Crippen LogP contribution < -0.4 is 15.4 Å². The SMILES string of the molecule is Cc1ccccc1COc1cccc(NC(=O)N[C@H](C)CCO)c1. The van der Waals surface area contributed by atoms with Gasteiger partial charge in [-0.15, -0.1) is 0 Å². The molecule has 24 heavy (non-hydrogen) atoms. The average Bonchev–Trinajstić information content (AvgIpc) is 2.54. The molecule has 0 heterocycles.